The molecule has 0 aliphatic carbocycles. The van der Waals surface area contributed by atoms with Crippen LogP contribution in [0, 0.1) is 5.92 Å². The summed E-state index contributed by atoms with van der Waals surface area (Å²) >= 11 is 0. The average molecular weight is 303 g/mol. The predicted molar refractivity (Wildman–Crippen MR) is 84.7 cm³/mol. The van der Waals surface area contributed by atoms with Gasteiger partial charge in [0.1, 0.15) is 0 Å². The fourth-order valence-corrected chi connectivity index (χ4v) is 2.36. The minimum Gasteiger partial charge on any atom is -0.356 e. The first-order chi connectivity index (χ1) is 8.42. The Balaban J connectivity index is 0.000000902. The molecule has 2 aromatic rings. The van der Waals surface area contributed by atoms with E-state index < -0.39 is 0 Å². The standard InChI is InChI=1S/C13H18N4.2ClH/c1-2-4-12-11(3-1)16-13(17-12)15-9-10-5-7-14-8-6-10;;/h1-4,10,14H,5-9H2,(H2,15,16,17);2*1H. The van der Waals surface area contributed by atoms with Crippen molar-refractivity contribution in [3.05, 3.63) is 24.3 Å². The molecular formula is C13H20Cl2N4. The normalized spacial score (nSPS) is 15.6. The van der Waals surface area contributed by atoms with Crippen molar-refractivity contribution in [3.63, 3.8) is 0 Å². The predicted octanol–water partition coefficient (Wildman–Crippen LogP) is 2.82. The van der Waals surface area contributed by atoms with Crippen molar-refractivity contribution < 1.29 is 0 Å². The molecule has 3 N–H and O–H groups in total. The Labute approximate surface area is 125 Å². The Morgan fingerprint density at radius 3 is 2.63 bits per heavy atom. The summed E-state index contributed by atoms with van der Waals surface area (Å²) in [5.74, 6) is 1.66. The molecule has 1 fully saturated rings. The van der Waals surface area contributed by atoms with Crippen LogP contribution in [-0.4, -0.2) is 29.6 Å². The van der Waals surface area contributed by atoms with Crippen LogP contribution in [0.5, 0.6) is 0 Å². The van der Waals surface area contributed by atoms with E-state index in [9.17, 15) is 0 Å². The number of halogens is 2. The highest BCUT2D eigenvalue weighted by Gasteiger charge is 2.13. The Hall–Kier alpha value is -0.970. The minimum atomic E-state index is 0. The van der Waals surface area contributed by atoms with Gasteiger partial charge in [0.2, 0.25) is 5.95 Å². The van der Waals surface area contributed by atoms with E-state index in [4.69, 9.17) is 0 Å². The van der Waals surface area contributed by atoms with Gasteiger partial charge in [-0.15, -0.1) is 24.8 Å². The van der Waals surface area contributed by atoms with Crippen LogP contribution in [0.4, 0.5) is 5.95 Å². The molecule has 3 rings (SSSR count). The molecule has 1 aliphatic heterocycles. The number of imidazole rings is 1. The van der Waals surface area contributed by atoms with Gasteiger partial charge >= 0.3 is 0 Å². The van der Waals surface area contributed by atoms with Crippen LogP contribution in [0.2, 0.25) is 0 Å². The summed E-state index contributed by atoms with van der Waals surface area (Å²) in [6.07, 6.45) is 2.51. The van der Waals surface area contributed by atoms with Gasteiger partial charge in [0.15, 0.2) is 0 Å². The maximum absolute atomic E-state index is 4.51. The maximum atomic E-state index is 4.51. The molecule has 6 heteroatoms. The summed E-state index contributed by atoms with van der Waals surface area (Å²) in [5.41, 5.74) is 2.13. The molecule has 0 atom stereocenters. The summed E-state index contributed by atoms with van der Waals surface area (Å²) in [4.78, 5) is 7.81. The molecule has 1 aromatic carbocycles. The zero-order chi connectivity index (χ0) is 11.5. The lowest BCUT2D eigenvalue weighted by molar-refractivity contribution is 0.389. The molecule has 0 bridgehead atoms. The molecule has 0 spiro atoms. The van der Waals surface area contributed by atoms with Crippen molar-refractivity contribution in [2.24, 2.45) is 5.92 Å². The number of hydrogen-bond donors (Lipinski definition) is 3. The number of fused-ring (bicyclic) bond motifs is 1. The van der Waals surface area contributed by atoms with Gasteiger partial charge in [0.25, 0.3) is 0 Å². The number of benzene rings is 1. The third kappa shape index (κ3) is 4.00. The van der Waals surface area contributed by atoms with Crippen LogP contribution in [0.15, 0.2) is 24.3 Å². The number of aromatic amines is 1. The number of rotatable bonds is 3. The van der Waals surface area contributed by atoms with E-state index in [1.54, 1.807) is 0 Å². The van der Waals surface area contributed by atoms with Crippen molar-refractivity contribution >= 4 is 41.8 Å². The molecule has 2 heterocycles. The highest BCUT2D eigenvalue weighted by Crippen LogP contribution is 2.15. The molecule has 19 heavy (non-hydrogen) atoms. The van der Waals surface area contributed by atoms with E-state index >= 15 is 0 Å². The lowest BCUT2D eigenvalue weighted by Gasteiger charge is -2.22. The van der Waals surface area contributed by atoms with Crippen molar-refractivity contribution in [1.29, 1.82) is 0 Å². The first-order valence-corrected chi connectivity index (χ1v) is 6.31. The van der Waals surface area contributed by atoms with Crippen LogP contribution >= 0.6 is 24.8 Å². The van der Waals surface area contributed by atoms with Crippen molar-refractivity contribution in [1.82, 2.24) is 15.3 Å². The van der Waals surface area contributed by atoms with E-state index in [0.29, 0.717) is 0 Å². The zero-order valence-electron chi connectivity index (χ0n) is 10.7. The average Bonchev–Trinajstić information content (AvgIpc) is 2.80. The number of piperidine rings is 1. The second kappa shape index (κ2) is 7.58. The highest BCUT2D eigenvalue weighted by molar-refractivity contribution is 5.85. The second-order valence-corrected chi connectivity index (χ2v) is 4.68. The number of para-hydroxylation sites is 2. The van der Waals surface area contributed by atoms with Gasteiger partial charge in [-0.05, 0) is 44.0 Å². The van der Waals surface area contributed by atoms with Gasteiger partial charge in [-0.2, -0.15) is 0 Å². The van der Waals surface area contributed by atoms with Crippen molar-refractivity contribution in [2.75, 3.05) is 25.0 Å². The van der Waals surface area contributed by atoms with Gasteiger partial charge in [-0.1, -0.05) is 12.1 Å². The van der Waals surface area contributed by atoms with Crippen molar-refractivity contribution in [2.45, 2.75) is 12.8 Å². The topological polar surface area (TPSA) is 52.7 Å². The SMILES string of the molecule is Cl.Cl.c1ccc2[nH]c(NCC3CCNCC3)nc2c1. The first-order valence-electron chi connectivity index (χ1n) is 6.31. The third-order valence-electron chi connectivity index (χ3n) is 3.41. The van der Waals surface area contributed by atoms with Gasteiger partial charge < -0.3 is 15.6 Å². The Kier molecular flexibility index (Phi) is 6.42. The molecule has 0 radical (unpaired) electrons. The van der Waals surface area contributed by atoms with Gasteiger partial charge in [-0.3, -0.25) is 0 Å². The Bertz CT molecular complexity index is 461. The van der Waals surface area contributed by atoms with Gasteiger partial charge in [-0.25, -0.2) is 4.98 Å². The van der Waals surface area contributed by atoms with Crippen LogP contribution in [0.1, 0.15) is 12.8 Å². The molecule has 1 saturated heterocycles. The second-order valence-electron chi connectivity index (χ2n) is 4.68. The largest absolute Gasteiger partial charge is 0.356 e. The maximum Gasteiger partial charge on any atom is 0.201 e. The Morgan fingerprint density at radius 2 is 1.89 bits per heavy atom. The zero-order valence-corrected chi connectivity index (χ0v) is 12.3. The molecule has 106 valence electrons. The van der Waals surface area contributed by atoms with Crippen molar-refractivity contribution in [3.8, 4) is 0 Å². The van der Waals surface area contributed by atoms with E-state index in [1.165, 1.54) is 12.8 Å². The van der Waals surface area contributed by atoms with E-state index in [2.05, 4.69) is 26.7 Å². The first kappa shape index (κ1) is 16.1. The van der Waals surface area contributed by atoms with Crippen LogP contribution in [-0.2, 0) is 0 Å². The van der Waals surface area contributed by atoms with E-state index in [-0.39, 0.29) is 24.8 Å². The number of aromatic nitrogens is 2. The molecule has 4 nitrogen and oxygen atoms in total. The summed E-state index contributed by atoms with van der Waals surface area (Å²) in [7, 11) is 0. The molecular weight excluding hydrogens is 283 g/mol. The van der Waals surface area contributed by atoms with Crippen LogP contribution in [0.25, 0.3) is 11.0 Å². The summed E-state index contributed by atoms with van der Waals surface area (Å²) in [5, 5.41) is 6.79. The molecule has 0 saturated carbocycles. The number of H-pyrrole nitrogens is 1. The molecule has 1 aromatic heterocycles. The number of hydrogen-bond acceptors (Lipinski definition) is 3. The minimum absolute atomic E-state index is 0. The molecule has 0 unspecified atom stereocenters. The lowest BCUT2D eigenvalue weighted by atomic mass is 9.98. The summed E-state index contributed by atoms with van der Waals surface area (Å²) in [6.45, 7) is 3.31. The highest BCUT2D eigenvalue weighted by atomic mass is 35.5. The van der Waals surface area contributed by atoms with E-state index in [0.717, 1.165) is 42.5 Å². The number of nitrogens with one attached hydrogen (secondary N) is 3. The number of anilines is 1. The third-order valence-corrected chi connectivity index (χ3v) is 3.41. The summed E-state index contributed by atoms with van der Waals surface area (Å²) < 4.78 is 0. The summed E-state index contributed by atoms with van der Waals surface area (Å²) in [6, 6.07) is 8.12. The Morgan fingerprint density at radius 1 is 1.16 bits per heavy atom. The quantitative estimate of drug-likeness (QED) is 0.817. The molecule has 1 aliphatic rings. The number of nitrogens with zero attached hydrogens (tertiary/aromatic N) is 1. The van der Waals surface area contributed by atoms with Gasteiger partial charge in [0, 0.05) is 6.54 Å². The van der Waals surface area contributed by atoms with E-state index in [1.807, 2.05) is 18.2 Å². The smallest absolute Gasteiger partial charge is 0.201 e. The molecule has 0 amide bonds. The van der Waals surface area contributed by atoms with Crippen LogP contribution in [0.3, 0.4) is 0 Å². The lowest BCUT2D eigenvalue weighted by Crippen LogP contribution is -2.31. The fraction of sp³-hybridized carbons (Fsp3) is 0.462. The van der Waals surface area contributed by atoms with Crippen LogP contribution < -0.4 is 10.6 Å². The monoisotopic (exact) mass is 302 g/mol. The fourth-order valence-electron chi connectivity index (χ4n) is 2.36. The van der Waals surface area contributed by atoms with Gasteiger partial charge in [0.05, 0.1) is 11.0 Å².